The predicted molar refractivity (Wildman–Crippen MR) is 86.1 cm³/mol. The Labute approximate surface area is 126 Å². The van der Waals surface area contributed by atoms with Crippen LogP contribution >= 0.6 is 11.3 Å². The molecule has 0 spiro atoms. The van der Waals surface area contributed by atoms with Gasteiger partial charge in [-0.05, 0) is 43.9 Å². The zero-order valence-corrected chi connectivity index (χ0v) is 12.5. The van der Waals surface area contributed by atoms with Crippen molar-refractivity contribution in [2.75, 3.05) is 5.43 Å². The van der Waals surface area contributed by atoms with Crippen LogP contribution in [0.3, 0.4) is 0 Å². The third-order valence-corrected chi connectivity index (χ3v) is 5.02. The minimum atomic E-state index is 0.810. The van der Waals surface area contributed by atoms with E-state index in [1.807, 2.05) is 25.3 Å². The minimum absolute atomic E-state index is 0.810. The molecule has 0 aromatic carbocycles. The summed E-state index contributed by atoms with van der Waals surface area (Å²) in [4.78, 5) is 14.4. The molecule has 0 saturated carbocycles. The maximum absolute atomic E-state index is 4.44. The molecule has 5 nitrogen and oxygen atoms in total. The van der Waals surface area contributed by atoms with E-state index in [4.69, 9.17) is 0 Å². The second-order valence-electron chi connectivity index (χ2n) is 5.15. The highest BCUT2D eigenvalue weighted by Crippen LogP contribution is 2.38. The van der Waals surface area contributed by atoms with Gasteiger partial charge >= 0.3 is 0 Å². The van der Waals surface area contributed by atoms with Crippen molar-refractivity contribution in [1.29, 1.82) is 0 Å². The van der Waals surface area contributed by atoms with Gasteiger partial charge in [0.15, 0.2) is 5.82 Å². The highest BCUT2D eigenvalue weighted by molar-refractivity contribution is 7.19. The lowest BCUT2D eigenvalue weighted by Crippen LogP contribution is -2.02. The van der Waals surface area contributed by atoms with Crippen LogP contribution in [0.5, 0.6) is 0 Å². The van der Waals surface area contributed by atoms with Crippen molar-refractivity contribution in [1.82, 2.24) is 15.0 Å². The van der Waals surface area contributed by atoms with Gasteiger partial charge < -0.3 is 4.98 Å². The number of hydrogen-bond donors (Lipinski definition) is 2. The van der Waals surface area contributed by atoms with E-state index in [1.54, 1.807) is 17.7 Å². The molecule has 2 N–H and O–H groups in total. The number of fused-ring (bicyclic) bond motifs is 3. The van der Waals surface area contributed by atoms with E-state index in [1.165, 1.54) is 23.3 Å². The Balaban J connectivity index is 1.72. The van der Waals surface area contributed by atoms with Crippen LogP contribution < -0.4 is 5.43 Å². The molecule has 0 fully saturated rings. The normalized spacial score (nSPS) is 14.6. The summed E-state index contributed by atoms with van der Waals surface area (Å²) in [5.74, 6) is 0.810. The molecule has 3 aromatic rings. The fraction of sp³-hybridized carbons (Fsp3) is 0.267. The Morgan fingerprint density at radius 3 is 3.19 bits per heavy atom. The molecule has 0 aliphatic heterocycles. The maximum Gasteiger partial charge on any atom is 0.158 e. The van der Waals surface area contributed by atoms with Gasteiger partial charge in [-0.3, -0.25) is 5.43 Å². The van der Waals surface area contributed by atoms with Crippen molar-refractivity contribution < 1.29 is 0 Å². The van der Waals surface area contributed by atoms with E-state index in [0.717, 1.165) is 33.9 Å². The largest absolute Gasteiger partial charge is 0.360 e. The highest BCUT2D eigenvalue weighted by atomic mass is 32.1. The molecule has 0 unspecified atom stereocenters. The van der Waals surface area contributed by atoms with Gasteiger partial charge in [-0.2, -0.15) is 5.10 Å². The van der Waals surface area contributed by atoms with E-state index < -0.39 is 0 Å². The number of anilines is 1. The van der Waals surface area contributed by atoms with Crippen molar-refractivity contribution >= 4 is 33.1 Å². The van der Waals surface area contributed by atoms with Crippen LogP contribution in [0.25, 0.3) is 10.2 Å². The lowest BCUT2D eigenvalue weighted by atomic mass is 10.2. The quantitative estimate of drug-likeness (QED) is 0.575. The number of nitrogens with zero attached hydrogens (tertiary/aromatic N) is 3. The standard InChI is InChI=1S/C15H15N5S/c1-9(11-5-3-7-16-11)19-20-14-13-10-4-2-6-12(10)21-15(13)18-8-17-14/h3,5,7-8,16H,2,4,6H2,1H3,(H,17,18,20)/b19-9+. The number of aromatic amines is 1. The lowest BCUT2D eigenvalue weighted by molar-refractivity contribution is 0.917. The molecule has 1 aliphatic carbocycles. The number of hydrogen-bond acceptors (Lipinski definition) is 5. The van der Waals surface area contributed by atoms with Crippen LogP contribution in [0, 0.1) is 0 Å². The summed E-state index contributed by atoms with van der Waals surface area (Å²) in [6, 6.07) is 3.96. The number of aryl methyl sites for hydroxylation is 2. The second-order valence-corrected chi connectivity index (χ2v) is 6.24. The lowest BCUT2D eigenvalue weighted by Gasteiger charge is -2.04. The summed E-state index contributed by atoms with van der Waals surface area (Å²) in [5, 5.41) is 5.59. The average Bonchev–Trinajstić information content (AvgIpc) is 3.19. The number of hydrazone groups is 1. The molecule has 0 radical (unpaired) electrons. The Morgan fingerprint density at radius 2 is 2.33 bits per heavy atom. The van der Waals surface area contributed by atoms with E-state index >= 15 is 0 Å². The zero-order chi connectivity index (χ0) is 14.2. The summed E-state index contributed by atoms with van der Waals surface area (Å²) >= 11 is 1.79. The third-order valence-electron chi connectivity index (χ3n) is 3.82. The maximum atomic E-state index is 4.44. The number of aromatic nitrogens is 3. The van der Waals surface area contributed by atoms with Gasteiger partial charge in [0.2, 0.25) is 0 Å². The Kier molecular flexibility index (Phi) is 2.96. The first-order valence-electron chi connectivity index (χ1n) is 7.02. The molecule has 21 heavy (non-hydrogen) atoms. The predicted octanol–water partition coefficient (Wildman–Crippen LogP) is 3.34. The molecular weight excluding hydrogens is 282 g/mol. The Morgan fingerprint density at radius 1 is 1.38 bits per heavy atom. The number of nitrogens with one attached hydrogen (secondary N) is 2. The average molecular weight is 297 g/mol. The fourth-order valence-electron chi connectivity index (χ4n) is 2.77. The van der Waals surface area contributed by atoms with Crippen molar-refractivity contribution in [3.63, 3.8) is 0 Å². The molecule has 6 heteroatoms. The van der Waals surface area contributed by atoms with Gasteiger partial charge in [0.05, 0.1) is 16.8 Å². The molecule has 3 heterocycles. The molecule has 3 aromatic heterocycles. The van der Waals surface area contributed by atoms with Crippen molar-refractivity contribution in [3.05, 3.63) is 40.8 Å². The summed E-state index contributed by atoms with van der Waals surface area (Å²) in [5.41, 5.74) is 6.43. The SMILES string of the molecule is C/C(=N\Nc1ncnc2sc3c(c12)CCC3)c1ccc[nH]1. The van der Waals surface area contributed by atoms with Gasteiger partial charge in [-0.25, -0.2) is 9.97 Å². The molecule has 4 rings (SSSR count). The van der Waals surface area contributed by atoms with Crippen LogP contribution in [0.4, 0.5) is 5.82 Å². The summed E-state index contributed by atoms with van der Waals surface area (Å²) in [6.45, 7) is 1.97. The van der Waals surface area contributed by atoms with Crippen LogP contribution in [-0.2, 0) is 12.8 Å². The number of rotatable bonds is 3. The third kappa shape index (κ3) is 2.12. The van der Waals surface area contributed by atoms with E-state index in [-0.39, 0.29) is 0 Å². The molecular formula is C15H15N5S. The Hall–Kier alpha value is -2.21. The monoisotopic (exact) mass is 297 g/mol. The summed E-state index contributed by atoms with van der Waals surface area (Å²) in [7, 11) is 0. The molecule has 1 aliphatic rings. The van der Waals surface area contributed by atoms with Crippen molar-refractivity contribution in [3.8, 4) is 0 Å². The first-order chi connectivity index (χ1) is 10.3. The molecule has 0 atom stereocenters. The van der Waals surface area contributed by atoms with Crippen molar-refractivity contribution in [2.45, 2.75) is 26.2 Å². The molecule has 0 amide bonds. The first-order valence-corrected chi connectivity index (χ1v) is 7.84. The Bertz CT molecular complexity index is 816. The smallest absolute Gasteiger partial charge is 0.158 e. The van der Waals surface area contributed by atoms with Crippen LogP contribution in [-0.4, -0.2) is 20.7 Å². The number of H-pyrrole nitrogens is 1. The van der Waals surface area contributed by atoms with Crippen LogP contribution in [0.15, 0.2) is 29.8 Å². The van der Waals surface area contributed by atoms with Crippen LogP contribution in [0.1, 0.15) is 29.5 Å². The highest BCUT2D eigenvalue weighted by Gasteiger charge is 2.21. The summed E-state index contributed by atoms with van der Waals surface area (Å²) in [6.07, 6.45) is 7.02. The van der Waals surface area contributed by atoms with Gasteiger partial charge in [-0.15, -0.1) is 11.3 Å². The molecule has 0 saturated heterocycles. The zero-order valence-electron chi connectivity index (χ0n) is 11.7. The van der Waals surface area contributed by atoms with E-state index in [2.05, 4.69) is 25.5 Å². The van der Waals surface area contributed by atoms with Gasteiger partial charge in [0, 0.05) is 11.1 Å². The minimum Gasteiger partial charge on any atom is -0.360 e. The van der Waals surface area contributed by atoms with E-state index in [9.17, 15) is 0 Å². The first kappa shape index (κ1) is 12.5. The van der Waals surface area contributed by atoms with Gasteiger partial charge in [-0.1, -0.05) is 0 Å². The van der Waals surface area contributed by atoms with E-state index in [0.29, 0.717) is 0 Å². The van der Waals surface area contributed by atoms with Crippen molar-refractivity contribution in [2.24, 2.45) is 5.10 Å². The summed E-state index contributed by atoms with van der Waals surface area (Å²) < 4.78 is 0. The van der Waals surface area contributed by atoms with Gasteiger partial charge in [0.25, 0.3) is 0 Å². The topological polar surface area (TPSA) is 66.0 Å². The second kappa shape index (κ2) is 4.96. The fourth-order valence-corrected chi connectivity index (χ4v) is 3.99. The number of thiophene rings is 1. The van der Waals surface area contributed by atoms with Gasteiger partial charge in [0.1, 0.15) is 11.2 Å². The molecule has 106 valence electrons. The molecule has 0 bridgehead atoms. The van der Waals surface area contributed by atoms with Crippen LogP contribution in [0.2, 0.25) is 0 Å².